The lowest BCUT2D eigenvalue weighted by Gasteiger charge is -2.09. The van der Waals surface area contributed by atoms with E-state index in [1.807, 2.05) is 0 Å². The molecule has 5 nitrogen and oxygen atoms in total. The highest BCUT2D eigenvalue weighted by atomic mass is 35.5. The molecule has 1 saturated carbocycles. The fraction of sp³-hybridized carbons (Fsp3) is 0.333. The van der Waals surface area contributed by atoms with Crippen LogP contribution >= 0.6 is 11.6 Å². The van der Waals surface area contributed by atoms with Gasteiger partial charge in [-0.1, -0.05) is 11.6 Å². The molecule has 0 unspecified atom stereocenters. The molecule has 112 valence electrons. The minimum absolute atomic E-state index is 0.0332. The fourth-order valence-corrected chi connectivity index (χ4v) is 1.90. The lowest BCUT2D eigenvalue weighted by atomic mass is 10.2. The number of ether oxygens (including phenoxy) is 1. The summed E-state index contributed by atoms with van der Waals surface area (Å²) in [7, 11) is 0. The van der Waals surface area contributed by atoms with Gasteiger partial charge in [0.05, 0.1) is 13.0 Å². The summed E-state index contributed by atoms with van der Waals surface area (Å²) in [6.45, 7) is 0.230. The highest BCUT2D eigenvalue weighted by molar-refractivity contribution is 6.30. The van der Waals surface area contributed by atoms with Crippen LogP contribution in [0, 0.1) is 0 Å². The van der Waals surface area contributed by atoms with E-state index in [1.54, 1.807) is 18.2 Å². The number of hydrogen-bond acceptors (Lipinski definition) is 3. The minimum atomic E-state index is -1.05. The van der Waals surface area contributed by atoms with Crippen molar-refractivity contribution in [2.24, 2.45) is 0 Å². The summed E-state index contributed by atoms with van der Waals surface area (Å²) in [5.41, 5.74) is 0.563. The average molecular weight is 310 g/mol. The number of carbonyl (C=O) groups is 2. The zero-order valence-electron chi connectivity index (χ0n) is 11.3. The van der Waals surface area contributed by atoms with Crippen LogP contribution < -0.4 is 10.1 Å². The molecule has 0 atom stereocenters. The Hall–Kier alpha value is -2.01. The van der Waals surface area contributed by atoms with Crippen molar-refractivity contribution in [2.75, 3.05) is 6.61 Å². The van der Waals surface area contributed by atoms with Crippen molar-refractivity contribution in [1.82, 2.24) is 5.32 Å². The highest BCUT2D eigenvalue weighted by Gasteiger charge is 2.22. The molecule has 0 radical (unpaired) electrons. The number of rotatable bonds is 7. The monoisotopic (exact) mass is 309 g/mol. The first-order valence-electron chi connectivity index (χ1n) is 6.67. The molecule has 1 aliphatic rings. The van der Waals surface area contributed by atoms with E-state index >= 15 is 0 Å². The normalized spacial score (nSPS) is 14.1. The van der Waals surface area contributed by atoms with E-state index < -0.39 is 5.97 Å². The van der Waals surface area contributed by atoms with Gasteiger partial charge in [-0.25, -0.2) is 4.79 Å². The third kappa shape index (κ3) is 5.47. The Bertz CT molecular complexity index is 567. The number of carbonyl (C=O) groups excluding carboxylic acids is 1. The molecule has 0 saturated heterocycles. The van der Waals surface area contributed by atoms with Crippen molar-refractivity contribution in [2.45, 2.75) is 25.3 Å². The Kier molecular flexibility index (Phi) is 5.22. The summed E-state index contributed by atoms with van der Waals surface area (Å²) >= 11 is 5.88. The predicted molar refractivity (Wildman–Crippen MR) is 79.4 cm³/mol. The SMILES string of the molecule is O=C(O)/C=C/c1cc(Cl)ccc1OCCC(=O)NC1CC1. The second kappa shape index (κ2) is 7.13. The number of benzene rings is 1. The molecule has 1 fully saturated rings. The lowest BCUT2D eigenvalue weighted by Crippen LogP contribution is -2.26. The second-order valence-corrected chi connectivity index (χ2v) is 5.23. The van der Waals surface area contributed by atoms with Crippen LogP contribution in [0.25, 0.3) is 6.08 Å². The zero-order chi connectivity index (χ0) is 15.2. The van der Waals surface area contributed by atoms with Gasteiger partial charge in [-0.2, -0.15) is 0 Å². The maximum atomic E-state index is 11.5. The van der Waals surface area contributed by atoms with Crippen LogP contribution in [-0.2, 0) is 9.59 Å². The number of hydrogen-bond donors (Lipinski definition) is 2. The van der Waals surface area contributed by atoms with Crippen molar-refractivity contribution >= 4 is 29.6 Å². The number of carboxylic acids is 1. The van der Waals surface area contributed by atoms with E-state index in [2.05, 4.69) is 5.32 Å². The predicted octanol–water partition coefficient (Wildman–Crippen LogP) is 2.49. The topological polar surface area (TPSA) is 75.6 Å². The first-order valence-corrected chi connectivity index (χ1v) is 7.05. The zero-order valence-corrected chi connectivity index (χ0v) is 12.1. The van der Waals surface area contributed by atoms with E-state index in [4.69, 9.17) is 21.4 Å². The van der Waals surface area contributed by atoms with Gasteiger partial charge < -0.3 is 15.2 Å². The summed E-state index contributed by atoms with van der Waals surface area (Å²) in [6, 6.07) is 5.25. The van der Waals surface area contributed by atoms with Crippen molar-refractivity contribution in [3.8, 4) is 5.75 Å². The smallest absolute Gasteiger partial charge is 0.328 e. The number of carboxylic acid groups (broad SMARTS) is 1. The summed E-state index contributed by atoms with van der Waals surface area (Å²) in [6.07, 6.45) is 4.79. The van der Waals surface area contributed by atoms with E-state index in [9.17, 15) is 9.59 Å². The quantitative estimate of drug-likeness (QED) is 0.759. The Balaban J connectivity index is 1.91. The van der Waals surface area contributed by atoms with Gasteiger partial charge in [-0.3, -0.25) is 4.79 Å². The van der Waals surface area contributed by atoms with Gasteiger partial charge in [0.25, 0.3) is 0 Å². The van der Waals surface area contributed by atoms with Gasteiger partial charge in [0.2, 0.25) is 5.91 Å². The largest absolute Gasteiger partial charge is 0.492 e. The Labute approximate surface area is 127 Å². The Morgan fingerprint density at radius 2 is 2.19 bits per heavy atom. The molecule has 0 bridgehead atoms. The molecule has 0 aromatic heterocycles. The molecular formula is C15H16ClNO4. The summed E-state index contributed by atoms with van der Waals surface area (Å²) in [5, 5.41) is 12.0. The van der Waals surface area contributed by atoms with E-state index in [-0.39, 0.29) is 18.9 Å². The van der Waals surface area contributed by atoms with Gasteiger partial charge >= 0.3 is 5.97 Å². The molecule has 0 aliphatic heterocycles. The summed E-state index contributed by atoms with van der Waals surface area (Å²) < 4.78 is 5.53. The van der Waals surface area contributed by atoms with Crippen molar-refractivity contribution in [3.63, 3.8) is 0 Å². The highest BCUT2D eigenvalue weighted by Crippen LogP contribution is 2.24. The van der Waals surface area contributed by atoms with Crippen LogP contribution in [0.2, 0.25) is 5.02 Å². The maximum Gasteiger partial charge on any atom is 0.328 e. The summed E-state index contributed by atoms with van der Waals surface area (Å²) in [4.78, 5) is 22.1. The second-order valence-electron chi connectivity index (χ2n) is 4.79. The van der Waals surface area contributed by atoms with Gasteiger partial charge in [0.1, 0.15) is 5.75 Å². The molecule has 1 aromatic carbocycles. The van der Waals surface area contributed by atoms with Crippen LogP contribution in [0.5, 0.6) is 5.75 Å². The molecule has 2 N–H and O–H groups in total. The first-order chi connectivity index (χ1) is 10.0. The van der Waals surface area contributed by atoms with E-state index in [0.717, 1.165) is 18.9 Å². The standard InChI is InChI=1S/C15H16ClNO4/c16-11-2-5-13(10(9-11)1-6-15(19)20)21-8-7-14(18)17-12-3-4-12/h1-2,5-6,9,12H,3-4,7-8H2,(H,17,18)(H,19,20)/b6-1+. The van der Waals surface area contributed by atoms with Crippen molar-refractivity contribution in [1.29, 1.82) is 0 Å². The van der Waals surface area contributed by atoms with Crippen LogP contribution in [-0.4, -0.2) is 29.6 Å². The van der Waals surface area contributed by atoms with Gasteiger partial charge in [-0.15, -0.1) is 0 Å². The molecule has 6 heteroatoms. The Morgan fingerprint density at radius 3 is 2.86 bits per heavy atom. The van der Waals surface area contributed by atoms with E-state index in [0.29, 0.717) is 22.4 Å². The molecule has 0 spiro atoms. The third-order valence-electron chi connectivity index (χ3n) is 2.91. The van der Waals surface area contributed by atoms with Crippen molar-refractivity contribution in [3.05, 3.63) is 34.9 Å². The van der Waals surface area contributed by atoms with Crippen LogP contribution in [0.1, 0.15) is 24.8 Å². The van der Waals surface area contributed by atoms with Gasteiger partial charge in [-0.05, 0) is 37.1 Å². The number of nitrogens with one attached hydrogen (secondary N) is 1. The average Bonchev–Trinajstić information content (AvgIpc) is 3.22. The molecular weight excluding hydrogens is 294 g/mol. The summed E-state index contributed by atoms with van der Waals surface area (Å²) in [5.74, 6) is -0.588. The van der Waals surface area contributed by atoms with Crippen LogP contribution in [0.3, 0.4) is 0 Å². The van der Waals surface area contributed by atoms with Gasteiger partial charge in [0.15, 0.2) is 0 Å². The van der Waals surface area contributed by atoms with Crippen molar-refractivity contribution < 1.29 is 19.4 Å². The molecule has 1 amide bonds. The minimum Gasteiger partial charge on any atom is -0.492 e. The first kappa shape index (κ1) is 15.4. The van der Waals surface area contributed by atoms with Crippen LogP contribution in [0.4, 0.5) is 0 Å². The van der Waals surface area contributed by atoms with Crippen LogP contribution in [0.15, 0.2) is 24.3 Å². The lowest BCUT2D eigenvalue weighted by molar-refractivity contribution is -0.131. The molecule has 21 heavy (non-hydrogen) atoms. The van der Waals surface area contributed by atoms with Gasteiger partial charge in [0, 0.05) is 22.7 Å². The number of aliphatic carboxylic acids is 1. The fourth-order valence-electron chi connectivity index (χ4n) is 1.72. The number of halogens is 1. The van der Waals surface area contributed by atoms with E-state index in [1.165, 1.54) is 6.08 Å². The number of amides is 1. The molecule has 1 aromatic rings. The Morgan fingerprint density at radius 1 is 1.43 bits per heavy atom. The molecule has 1 aliphatic carbocycles. The third-order valence-corrected chi connectivity index (χ3v) is 3.14. The molecule has 0 heterocycles. The maximum absolute atomic E-state index is 11.5. The molecule has 2 rings (SSSR count).